The van der Waals surface area contributed by atoms with Crippen molar-refractivity contribution in [1.82, 2.24) is 0 Å². The van der Waals surface area contributed by atoms with E-state index >= 15 is 0 Å². The highest BCUT2D eigenvalue weighted by Gasteiger charge is 2.15. The zero-order valence-electron chi connectivity index (χ0n) is 6.45. The number of carbonyl (C=O) groups is 2. The predicted molar refractivity (Wildman–Crippen MR) is 38.3 cm³/mol. The number of aldehydes is 1. The lowest BCUT2D eigenvalue weighted by Gasteiger charge is -2.09. The minimum absolute atomic E-state index is 0.233. The molecule has 0 fully saturated rings. The number of rotatable bonds is 6. The number of hydrogen-bond acceptors (Lipinski definition) is 3. The molecule has 0 aliphatic carbocycles. The van der Waals surface area contributed by atoms with Gasteiger partial charge in [0.15, 0.2) is 6.10 Å². The highest BCUT2D eigenvalue weighted by atomic mass is 16.5. The second-order valence-corrected chi connectivity index (χ2v) is 2.03. The van der Waals surface area contributed by atoms with Crippen LogP contribution in [0.1, 0.15) is 19.8 Å². The van der Waals surface area contributed by atoms with Crippen LogP contribution in [0.2, 0.25) is 0 Å². The molecule has 0 bridgehead atoms. The number of carbonyl (C=O) groups excluding carboxylic acids is 1. The highest BCUT2D eigenvalue weighted by Crippen LogP contribution is 2.00. The molecule has 0 saturated carbocycles. The molecule has 1 atom stereocenters. The Morgan fingerprint density at radius 2 is 2.36 bits per heavy atom. The molecule has 1 N–H and O–H groups in total. The Bertz CT molecular complexity index is 132. The van der Waals surface area contributed by atoms with E-state index in [0.29, 0.717) is 12.9 Å². The molecule has 4 nitrogen and oxygen atoms in total. The van der Waals surface area contributed by atoms with Crippen molar-refractivity contribution in [1.29, 1.82) is 0 Å². The van der Waals surface area contributed by atoms with Crippen LogP contribution in [0.5, 0.6) is 0 Å². The van der Waals surface area contributed by atoms with Crippen LogP contribution in [-0.4, -0.2) is 30.1 Å². The van der Waals surface area contributed by atoms with Crippen molar-refractivity contribution in [2.75, 3.05) is 6.61 Å². The molecule has 0 aliphatic rings. The van der Waals surface area contributed by atoms with Crippen LogP contribution >= 0.6 is 0 Å². The largest absolute Gasteiger partial charge is 0.479 e. The van der Waals surface area contributed by atoms with Crippen molar-refractivity contribution in [2.24, 2.45) is 0 Å². The lowest BCUT2D eigenvalue weighted by Crippen LogP contribution is -2.23. The normalized spacial score (nSPS) is 12.5. The number of ether oxygens (including phenoxy) is 1. The summed E-state index contributed by atoms with van der Waals surface area (Å²) in [6, 6.07) is 0. The molecular weight excluding hydrogens is 148 g/mol. The summed E-state index contributed by atoms with van der Waals surface area (Å²) in [4.78, 5) is 20.2. The van der Waals surface area contributed by atoms with Crippen LogP contribution in [0.4, 0.5) is 0 Å². The molecule has 0 spiro atoms. The lowest BCUT2D eigenvalue weighted by atomic mass is 10.2. The standard InChI is InChI=1S/C7H12O4/c1-2-11-6(7(9)10)4-3-5-8/h5-6H,2-4H2,1H3,(H,9,10). The maximum Gasteiger partial charge on any atom is 0.332 e. The van der Waals surface area contributed by atoms with Gasteiger partial charge in [0.05, 0.1) is 0 Å². The third kappa shape index (κ3) is 4.50. The molecule has 4 heteroatoms. The second-order valence-electron chi connectivity index (χ2n) is 2.03. The minimum atomic E-state index is -1.01. The average molecular weight is 160 g/mol. The van der Waals surface area contributed by atoms with Crippen LogP contribution in [0.3, 0.4) is 0 Å². The van der Waals surface area contributed by atoms with Gasteiger partial charge in [0.1, 0.15) is 6.29 Å². The van der Waals surface area contributed by atoms with Gasteiger partial charge >= 0.3 is 5.97 Å². The van der Waals surface area contributed by atoms with E-state index < -0.39 is 12.1 Å². The fraction of sp³-hybridized carbons (Fsp3) is 0.714. The molecule has 0 aliphatic heterocycles. The first-order valence-electron chi connectivity index (χ1n) is 3.50. The molecule has 0 aromatic rings. The molecule has 64 valence electrons. The van der Waals surface area contributed by atoms with Crippen molar-refractivity contribution in [2.45, 2.75) is 25.9 Å². The summed E-state index contributed by atoms with van der Waals surface area (Å²) in [6.07, 6.45) is 0.351. The maximum atomic E-state index is 10.4. The summed E-state index contributed by atoms with van der Waals surface area (Å²) in [5, 5.41) is 8.49. The summed E-state index contributed by atoms with van der Waals surface area (Å²) in [6.45, 7) is 2.08. The van der Waals surface area contributed by atoms with Crippen molar-refractivity contribution < 1.29 is 19.4 Å². The lowest BCUT2D eigenvalue weighted by molar-refractivity contribution is -0.150. The zero-order chi connectivity index (χ0) is 8.69. The first-order chi connectivity index (χ1) is 5.22. The second kappa shape index (κ2) is 5.85. The van der Waals surface area contributed by atoms with E-state index in [2.05, 4.69) is 0 Å². The summed E-state index contributed by atoms with van der Waals surface area (Å²) >= 11 is 0. The molecule has 11 heavy (non-hydrogen) atoms. The summed E-state index contributed by atoms with van der Waals surface area (Å²) in [5.74, 6) is -1.01. The minimum Gasteiger partial charge on any atom is -0.479 e. The SMILES string of the molecule is CCOC(CCC=O)C(=O)O. The van der Waals surface area contributed by atoms with Gasteiger partial charge in [-0.2, -0.15) is 0 Å². The molecule has 0 saturated heterocycles. The van der Waals surface area contributed by atoms with E-state index in [1.807, 2.05) is 0 Å². The van der Waals surface area contributed by atoms with E-state index in [0.717, 1.165) is 0 Å². The molecule has 0 rings (SSSR count). The highest BCUT2D eigenvalue weighted by molar-refractivity contribution is 5.72. The number of hydrogen-bond donors (Lipinski definition) is 1. The van der Waals surface area contributed by atoms with Gasteiger partial charge in [-0.25, -0.2) is 4.79 Å². The van der Waals surface area contributed by atoms with E-state index in [4.69, 9.17) is 9.84 Å². The Kier molecular flexibility index (Phi) is 5.37. The third-order valence-corrected chi connectivity index (χ3v) is 1.19. The molecular formula is C7H12O4. The maximum absolute atomic E-state index is 10.4. The Hall–Kier alpha value is -0.900. The van der Waals surface area contributed by atoms with Gasteiger partial charge in [0.2, 0.25) is 0 Å². The zero-order valence-corrected chi connectivity index (χ0v) is 6.45. The van der Waals surface area contributed by atoms with E-state index in [9.17, 15) is 9.59 Å². The third-order valence-electron chi connectivity index (χ3n) is 1.19. The molecule has 0 aromatic carbocycles. The van der Waals surface area contributed by atoms with Crippen molar-refractivity contribution in [3.63, 3.8) is 0 Å². The van der Waals surface area contributed by atoms with Crippen molar-refractivity contribution in [3.8, 4) is 0 Å². The van der Waals surface area contributed by atoms with E-state index in [1.54, 1.807) is 6.92 Å². The summed E-state index contributed by atoms with van der Waals surface area (Å²) < 4.78 is 4.85. The topological polar surface area (TPSA) is 63.6 Å². The van der Waals surface area contributed by atoms with Gasteiger partial charge in [0, 0.05) is 13.0 Å². The molecule has 0 radical (unpaired) electrons. The summed E-state index contributed by atoms with van der Waals surface area (Å²) in [7, 11) is 0. The fourth-order valence-corrected chi connectivity index (χ4v) is 0.699. The molecule has 0 amide bonds. The number of carboxylic acids is 1. The smallest absolute Gasteiger partial charge is 0.332 e. The predicted octanol–water partition coefficient (Wildman–Crippen LogP) is 0.455. The van der Waals surface area contributed by atoms with E-state index in [-0.39, 0.29) is 12.8 Å². The Labute approximate surface area is 65.2 Å². The average Bonchev–Trinajstić information content (AvgIpc) is 1.97. The van der Waals surface area contributed by atoms with Crippen molar-refractivity contribution in [3.05, 3.63) is 0 Å². The summed E-state index contributed by atoms with van der Waals surface area (Å²) in [5.41, 5.74) is 0. The Morgan fingerprint density at radius 1 is 1.73 bits per heavy atom. The fourth-order valence-electron chi connectivity index (χ4n) is 0.699. The van der Waals surface area contributed by atoms with Gasteiger partial charge in [-0.3, -0.25) is 0 Å². The molecule has 1 unspecified atom stereocenters. The van der Waals surface area contributed by atoms with Crippen LogP contribution < -0.4 is 0 Å². The van der Waals surface area contributed by atoms with Gasteiger partial charge in [-0.05, 0) is 13.3 Å². The van der Waals surface area contributed by atoms with Gasteiger partial charge in [-0.1, -0.05) is 0 Å². The molecule has 0 heterocycles. The van der Waals surface area contributed by atoms with Crippen LogP contribution in [0, 0.1) is 0 Å². The quantitative estimate of drug-likeness (QED) is 0.573. The van der Waals surface area contributed by atoms with Crippen LogP contribution in [-0.2, 0) is 14.3 Å². The van der Waals surface area contributed by atoms with Gasteiger partial charge in [0.25, 0.3) is 0 Å². The van der Waals surface area contributed by atoms with E-state index in [1.165, 1.54) is 0 Å². The van der Waals surface area contributed by atoms with Gasteiger partial charge in [-0.15, -0.1) is 0 Å². The first kappa shape index (κ1) is 10.1. The van der Waals surface area contributed by atoms with Crippen molar-refractivity contribution >= 4 is 12.3 Å². The van der Waals surface area contributed by atoms with Gasteiger partial charge < -0.3 is 14.6 Å². The van der Waals surface area contributed by atoms with Crippen LogP contribution in [0.15, 0.2) is 0 Å². The number of carboxylic acid groups (broad SMARTS) is 1. The Balaban J connectivity index is 3.68. The first-order valence-corrected chi connectivity index (χ1v) is 3.50. The monoisotopic (exact) mass is 160 g/mol. The Morgan fingerprint density at radius 3 is 2.73 bits per heavy atom. The molecule has 0 aromatic heterocycles. The number of aliphatic carboxylic acids is 1. The van der Waals surface area contributed by atoms with Crippen LogP contribution in [0.25, 0.3) is 0 Å².